The quantitative estimate of drug-likeness (QED) is 0.344. The fourth-order valence-corrected chi connectivity index (χ4v) is 2.01. The van der Waals surface area contributed by atoms with Gasteiger partial charge in [0.25, 0.3) is 0 Å². The van der Waals surface area contributed by atoms with Crippen LogP contribution in [-0.4, -0.2) is 87.6 Å². The van der Waals surface area contributed by atoms with Gasteiger partial charge in [0.2, 0.25) is 0 Å². The second-order valence-electron chi connectivity index (χ2n) is 5.44. The molecular formula is C13H24O9. The molecule has 5 N–H and O–H groups in total. The molecule has 1 heterocycles. The molecule has 1 fully saturated rings. The van der Waals surface area contributed by atoms with Gasteiger partial charge in [-0.2, -0.15) is 0 Å². The van der Waals surface area contributed by atoms with Gasteiger partial charge in [0, 0.05) is 0 Å². The van der Waals surface area contributed by atoms with Crippen LogP contribution in [-0.2, 0) is 19.0 Å². The van der Waals surface area contributed by atoms with Crippen LogP contribution in [0.3, 0.4) is 0 Å². The summed E-state index contributed by atoms with van der Waals surface area (Å²) in [6.07, 6.45) is -8.58. The normalized spacial score (nSPS) is 33.9. The Morgan fingerprint density at radius 3 is 2.32 bits per heavy atom. The van der Waals surface area contributed by atoms with Crippen molar-refractivity contribution in [1.29, 1.82) is 0 Å². The Kier molecular flexibility index (Phi) is 7.63. The Morgan fingerprint density at radius 1 is 1.18 bits per heavy atom. The zero-order valence-corrected chi connectivity index (χ0v) is 12.5. The average molecular weight is 324 g/mol. The van der Waals surface area contributed by atoms with Crippen molar-refractivity contribution in [1.82, 2.24) is 0 Å². The molecule has 0 bridgehead atoms. The predicted octanol–water partition coefficient (Wildman–Crippen LogP) is -1.93. The van der Waals surface area contributed by atoms with Crippen molar-refractivity contribution in [3.8, 4) is 0 Å². The first-order valence-corrected chi connectivity index (χ1v) is 7.05. The predicted molar refractivity (Wildman–Crippen MR) is 72.0 cm³/mol. The summed E-state index contributed by atoms with van der Waals surface area (Å²) in [7, 11) is 0. The van der Waals surface area contributed by atoms with Gasteiger partial charge in [-0.05, 0) is 13.8 Å². The number of rotatable bonds is 8. The lowest BCUT2D eigenvalue weighted by Crippen LogP contribution is -2.59. The van der Waals surface area contributed by atoms with E-state index in [0.29, 0.717) is 0 Å². The number of hydrogen-bond donors (Lipinski definition) is 5. The summed E-state index contributed by atoms with van der Waals surface area (Å²) in [5.74, 6) is -1.12. The van der Waals surface area contributed by atoms with Gasteiger partial charge in [-0.15, -0.1) is 0 Å². The highest BCUT2D eigenvalue weighted by Gasteiger charge is 2.44. The van der Waals surface area contributed by atoms with Crippen molar-refractivity contribution < 1.29 is 44.5 Å². The fraction of sp³-hybridized carbons (Fsp3) is 0.923. The first-order valence-electron chi connectivity index (χ1n) is 7.05. The molecule has 0 aromatic carbocycles. The van der Waals surface area contributed by atoms with Gasteiger partial charge >= 0.3 is 5.97 Å². The molecule has 0 amide bonds. The zero-order chi connectivity index (χ0) is 16.9. The topological polar surface area (TPSA) is 146 Å². The van der Waals surface area contributed by atoms with E-state index in [2.05, 4.69) is 0 Å². The molecule has 9 heteroatoms. The molecule has 0 aromatic rings. The van der Waals surface area contributed by atoms with Gasteiger partial charge in [-0.3, -0.25) is 4.79 Å². The SMILES string of the molecule is CC(C)OCC(CC(=O)O)OC1O[C@H](CO)[C@@H](O)[C@H](O)[C@H]1O. The Morgan fingerprint density at radius 2 is 1.82 bits per heavy atom. The lowest BCUT2D eigenvalue weighted by Gasteiger charge is -2.40. The maximum atomic E-state index is 10.8. The Balaban J connectivity index is 2.70. The fourth-order valence-electron chi connectivity index (χ4n) is 2.01. The van der Waals surface area contributed by atoms with E-state index in [9.17, 15) is 20.1 Å². The maximum Gasteiger partial charge on any atom is 0.306 e. The largest absolute Gasteiger partial charge is 0.481 e. The molecule has 1 aliphatic rings. The Hall–Kier alpha value is -0.810. The second-order valence-corrected chi connectivity index (χ2v) is 5.44. The minimum atomic E-state index is -1.58. The van der Waals surface area contributed by atoms with Crippen molar-refractivity contribution in [2.24, 2.45) is 0 Å². The van der Waals surface area contributed by atoms with Gasteiger partial charge in [-0.25, -0.2) is 0 Å². The van der Waals surface area contributed by atoms with Crippen LogP contribution in [0.25, 0.3) is 0 Å². The molecule has 1 saturated heterocycles. The molecule has 22 heavy (non-hydrogen) atoms. The first kappa shape index (κ1) is 19.2. The lowest BCUT2D eigenvalue weighted by atomic mass is 9.99. The molecule has 1 rings (SSSR count). The van der Waals surface area contributed by atoms with Crippen LogP contribution in [0.2, 0.25) is 0 Å². The van der Waals surface area contributed by atoms with Gasteiger partial charge in [0.15, 0.2) is 6.29 Å². The van der Waals surface area contributed by atoms with E-state index < -0.39 is 49.4 Å². The van der Waals surface area contributed by atoms with Crippen LogP contribution < -0.4 is 0 Å². The number of carbonyl (C=O) groups is 1. The second kappa shape index (κ2) is 8.73. The van der Waals surface area contributed by atoms with E-state index >= 15 is 0 Å². The molecule has 1 aliphatic heterocycles. The molecule has 130 valence electrons. The van der Waals surface area contributed by atoms with E-state index in [4.69, 9.17) is 24.4 Å². The number of aliphatic hydroxyl groups excluding tert-OH is 4. The minimum absolute atomic E-state index is 0.0427. The highest BCUT2D eigenvalue weighted by atomic mass is 16.7. The number of aliphatic carboxylic acids is 1. The van der Waals surface area contributed by atoms with E-state index in [0.717, 1.165) is 0 Å². The average Bonchev–Trinajstić information content (AvgIpc) is 2.44. The lowest BCUT2D eigenvalue weighted by molar-refractivity contribution is -0.314. The molecule has 0 aromatic heterocycles. The monoisotopic (exact) mass is 324 g/mol. The highest BCUT2D eigenvalue weighted by Crippen LogP contribution is 2.23. The first-order chi connectivity index (χ1) is 10.3. The molecule has 6 atom stereocenters. The minimum Gasteiger partial charge on any atom is -0.481 e. The zero-order valence-electron chi connectivity index (χ0n) is 12.5. The molecule has 0 radical (unpaired) electrons. The van der Waals surface area contributed by atoms with Crippen molar-refractivity contribution >= 4 is 5.97 Å². The third-order valence-electron chi connectivity index (χ3n) is 3.19. The summed E-state index contributed by atoms with van der Waals surface area (Å²) in [4.78, 5) is 10.8. The Bertz CT molecular complexity index is 346. The third kappa shape index (κ3) is 5.43. The molecule has 0 saturated carbocycles. The molecule has 2 unspecified atom stereocenters. The smallest absolute Gasteiger partial charge is 0.306 e. The van der Waals surface area contributed by atoms with Crippen LogP contribution in [0.4, 0.5) is 0 Å². The summed E-state index contributed by atoms with van der Waals surface area (Å²) in [5, 5.41) is 47.1. The summed E-state index contributed by atoms with van der Waals surface area (Å²) in [6.45, 7) is 2.91. The van der Waals surface area contributed by atoms with Crippen molar-refractivity contribution in [3.63, 3.8) is 0 Å². The van der Waals surface area contributed by atoms with Crippen molar-refractivity contribution in [3.05, 3.63) is 0 Å². The third-order valence-corrected chi connectivity index (χ3v) is 3.19. The van der Waals surface area contributed by atoms with E-state index in [-0.39, 0.29) is 19.1 Å². The van der Waals surface area contributed by atoms with Crippen LogP contribution in [0.15, 0.2) is 0 Å². The van der Waals surface area contributed by atoms with Gasteiger partial charge < -0.3 is 39.7 Å². The van der Waals surface area contributed by atoms with Gasteiger partial charge in [0.1, 0.15) is 24.4 Å². The molecule has 0 spiro atoms. The number of carboxylic acid groups (broad SMARTS) is 1. The number of hydrogen-bond acceptors (Lipinski definition) is 8. The summed E-state index contributed by atoms with van der Waals surface area (Å²) in [5.41, 5.74) is 0. The van der Waals surface area contributed by atoms with Crippen molar-refractivity contribution in [2.75, 3.05) is 13.2 Å². The van der Waals surface area contributed by atoms with Crippen LogP contribution in [0, 0.1) is 0 Å². The Labute approximate surface area is 128 Å². The standard InChI is InChI=1S/C13H24O9/c1-6(2)20-5-7(3-9(15)16)21-13-12(19)11(18)10(17)8(4-14)22-13/h6-8,10-14,17-19H,3-5H2,1-2H3,(H,15,16)/t7?,8-,10-,11+,12-,13?/m1/s1. The summed E-state index contributed by atoms with van der Waals surface area (Å²) < 4.78 is 15.8. The van der Waals surface area contributed by atoms with Crippen LogP contribution in [0.1, 0.15) is 20.3 Å². The van der Waals surface area contributed by atoms with E-state index in [1.165, 1.54) is 0 Å². The van der Waals surface area contributed by atoms with E-state index in [1.807, 2.05) is 0 Å². The number of carboxylic acids is 1. The summed E-state index contributed by atoms with van der Waals surface area (Å²) >= 11 is 0. The van der Waals surface area contributed by atoms with Crippen LogP contribution >= 0.6 is 0 Å². The van der Waals surface area contributed by atoms with Crippen LogP contribution in [0.5, 0.6) is 0 Å². The molecule has 0 aliphatic carbocycles. The highest BCUT2D eigenvalue weighted by molar-refractivity contribution is 5.67. The molecule has 9 nitrogen and oxygen atoms in total. The van der Waals surface area contributed by atoms with Gasteiger partial charge in [-0.1, -0.05) is 0 Å². The van der Waals surface area contributed by atoms with E-state index in [1.54, 1.807) is 13.8 Å². The number of ether oxygens (including phenoxy) is 3. The van der Waals surface area contributed by atoms with Crippen molar-refractivity contribution in [2.45, 2.75) is 63.2 Å². The summed E-state index contributed by atoms with van der Waals surface area (Å²) in [6, 6.07) is 0. The number of aliphatic hydroxyl groups is 4. The maximum absolute atomic E-state index is 10.8. The molecular weight excluding hydrogens is 300 g/mol. The van der Waals surface area contributed by atoms with Gasteiger partial charge in [0.05, 0.1) is 31.8 Å².